The fraction of sp³-hybridized carbons (Fsp3) is 0.250. The molecule has 0 saturated heterocycles. The van der Waals surface area contributed by atoms with Crippen molar-refractivity contribution in [3.8, 4) is 0 Å². The van der Waals surface area contributed by atoms with Crippen LogP contribution in [0.5, 0.6) is 0 Å². The lowest BCUT2D eigenvalue weighted by Crippen LogP contribution is -2.07. The van der Waals surface area contributed by atoms with Gasteiger partial charge in [-0.15, -0.1) is 0 Å². The number of nitrogen functional groups attached to an aromatic ring is 1. The summed E-state index contributed by atoms with van der Waals surface area (Å²) in [5, 5.41) is 0. The molecule has 0 radical (unpaired) electrons. The fourth-order valence-corrected chi connectivity index (χ4v) is 1.84. The van der Waals surface area contributed by atoms with E-state index in [1.54, 1.807) is 0 Å². The smallest absolute Gasteiger partial charge is 0.306 e. The number of carbonyl (C=O) groups excluding carboxylic acids is 1. The molecule has 104 valence electrons. The van der Waals surface area contributed by atoms with Crippen LogP contribution in [0.3, 0.4) is 0 Å². The molecular weight excluding hydrogens is 252 g/mol. The van der Waals surface area contributed by atoms with E-state index in [1.807, 2.05) is 49.4 Å². The van der Waals surface area contributed by atoms with Crippen LogP contribution >= 0.6 is 0 Å². The third-order valence-electron chi connectivity index (χ3n) is 2.92. The number of hydrogen-bond donors (Lipinski definition) is 1. The van der Waals surface area contributed by atoms with Crippen molar-refractivity contribution in [3.05, 3.63) is 59.4 Å². The Hall–Kier alpha value is -2.36. The number of aryl methyl sites for hydroxylation is 2. The molecule has 0 atom stereocenters. The van der Waals surface area contributed by atoms with Crippen molar-refractivity contribution in [3.63, 3.8) is 0 Å². The van der Waals surface area contributed by atoms with Crippen LogP contribution in [-0.2, 0) is 22.6 Å². The lowest BCUT2D eigenvalue weighted by atomic mass is 10.1. The van der Waals surface area contributed by atoms with Crippen LogP contribution in [0.1, 0.15) is 23.4 Å². The Morgan fingerprint density at radius 3 is 2.65 bits per heavy atom. The average Bonchev–Trinajstić information content (AvgIpc) is 2.45. The molecule has 0 bridgehead atoms. The van der Waals surface area contributed by atoms with Crippen molar-refractivity contribution >= 4 is 11.7 Å². The fourth-order valence-electron chi connectivity index (χ4n) is 1.84. The molecule has 0 aliphatic heterocycles. The number of rotatable bonds is 5. The number of esters is 1. The normalized spacial score (nSPS) is 10.2. The van der Waals surface area contributed by atoms with E-state index in [-0.39, 0.29) is 12.6 Å². The zero-order valence-electron chi connectivity index (χ0n) is 11.5. The predicted octanol–water partition coefficient (Wildman–Crippen LogP) is 2.65. The molecule has 2 aromatic rings. The highest BCUT2D eigenvalue weighted by Crippen LogP contribution is 2.08. The number of nitrogens with zero attached hydrogens (tertiary/aromatic N) is 1. The Labute approximate surface area is 118 Å². The minimum Gasteiger partial charge on any atom is -0.459 e. The van der Waals surface area contributed by atoms with E-state index in [0.29, 0.717) is 12.8 Å². The number of nitrogens with two attached hydrogens (primary N) is 1. The molecule has 0 amide bonds. The van der Waals surface area contributed by atoms with Gasteiger partial charge in [0.1, 0.15) is 6.61 Å². The molecule has 2 rings (SSSR count). The van der Waals surface area contributed by atoms with Crippen LogP contribution in [0.15, 0.2) is 42.5 Å². The summed E-state index contributed by atoms with van der Waals surface area (Å²) in [6, 6.07) is 13.2. The van der Waals surface area contributed by atoms with Crippen molar-refractivity contribution in [2.45, 2.75) is 26.4 Å². The molecule has 1 heterocycles. The maximum absolute atomic E-state index is 11.7. The van der Waals surface area contributed by atoms with Gasteiger partial charge in [0, 0.05) is 17.8 Å². The predicted molar refractivity (Wildman–Crippen MR) is 77.9 cm³/mol. The Morgan fingerprint density at radius 1 is 1.20 bits per heavy atom. The summed E-state index contributed by atoms with van der Waals surface area (Å²) in [7, 11) is 0. The van der Waals surface area contributed by atoms with Crippen LogP contribution in [0, 0.1) is 6.92 Å². The van der Waals surface area contributed by atoms with E-state index in [1.165, 1.54) is 0 Å². The van der Waals surface area contributed by atoms with Gasteiger partial charge in [-0.2, -0.15) is 0 Å². The first-order valence-electron chi connectivity index (χ1n) is 6.56. The number of pyridine rings is 1. The topological polar surface area (TPSA) is 65.2 Å². The molecule has 0 spiro atoms. The minimum atomic E-state index is -0.217. The zero-order valence-corrected chi connectivity index (χ0v) is 11.5. The lowest BCUT2D eigenvalue weighted by Gasteiger charge is -2.05. The van der Waals surface area contributed by atoms with Gasteiger partial charge < -0.3 is 10.5 Å². The number of benzene rings is 1. The van der Waals surface area contributed by atoms with Crippen LogP contribution in [0.25, 0.3) is 0 Å². The van der Waals surface area contributed by atoms with Gasteiger partial charge in [-0.1, -0.05) is 18.2 Å². The van der Waals surface area contributed by atoms with Crippen molar-refractivity contribution in [2.75, 3.05) is 5.73 Å². The second-order valence-corrected chi connectivity index (χ2v) is 4.67. The first kappa shape index (κ1) is 14.1. The van der Waals surface area contributed by atoms with E-state index in [2.05, 4.69) is 4.98 Å². The SMILES string of the molecule is Cc1cccc(COC(=O)CCc2ccc(N)cc2)n1. The van der Waals surface area contributed by atoms with E-state index < -0.39 is 0 Å². The average molecular weight is 270 g/mol. The Morgan fingerprint density at radius 2 is 1.95 bits per heavy atom. The van der Waals surface area contributed by atoms with E-state index in [4.69, 9.17) is 10.5 Å². The Kier molecular flexibility index (Phi) is 4.71. The summed E-state index contributed by atoms with van der Waals surface area (Å²) in [6.45, 7) is 2.13. The number of anilines is 1. The summed E-state index contributed by atoms with van der Waals surface area (Å²) < 4.78 is 5.20. The lowest BCUT2D eigenvalue weighted by molar-refractivity contribution is -0.145. The molecule has 0 fully saturated rings. The van der Waals surface area contributed by atoms with Crippen LogP contribution in [0.2, 0.25) is 0 Å². The third kappa shape index (κ3) is 4.39. The molecule has 0 aliphatic carbocycles. The molecular formula is C16H18N2O2. The van der Waals surface area contributed by atoms with Gasteiger partial charge in [0.05, 0.1) is 5.69 Å². The van der Waals surface area contributed by atoms with Gasteiger partial charge in [-0.05, 0) is 43.2 Å². The highest BCUT2D eigenvalue weighted by atomic mass is 16.5. The van der Waals surface area contributed by atoms with Gasteiger partial charge in [-0.3, -0.25) is 9.78 Å². The minimum absolute atomic E-state index is 0.217. The summed E-state index contributed by atoms with van der Waals surface area (Å²) in [4.78, 5) is 15.9. The molecule has 4 heteroatoms. The molecule has 0 saturated carbocycles. The summed E-state index contributed by atoms with van der Waals surface area (Å²) in [5.74, 6) is -0.217. The zero-order chi connectivity index (χ0) is 14.4. The first-order valence-corrected chi connectivity index (χ1v) is 6.56. The molecule has 1 aromatic carbocycles. The molecule has 0 unspecified atom stereocenters. The molecule has 4 nitrogen and oxygen atoms in total. The summed E-state index contributed by atoms with van der Waals surface area (Å²) in [5.41, 5.74) is 9.09. The van der Waals surface area contributed by atoms with Gasteiger partial charge >= 0.3 is 5.97 Å². The van der Waals surface area contributed by atoms with E-state index in [9.17, 15) is 4.79 Å². The maximum Gasteiger partial charge on any atom is 0.306 e. The number of carbonyl (C=O) groups is 1. The van der Waals surface area contributed by atoms with Gasteiger partial charge in [0.2, 0.25) is 0 Å². The Balaban J connectivity index is 1.77. The largest absolute Gasteiger partial charge is 0.459 e. The van der Waals surface area contributed by atoms with Crippen molar-refractivity contribution in [2.24, 2.45) is 0 Å². The summed E-state index contributed by atoms with van der Waals surface area (Å²) in [6.07, 6.45) is 1.01. The van der Waals surface area contributed by atoms with Crippen LogP contribution in [0.4, 0.5) is 5.69 Å². The van der Waals surface area contributed by atoms with Crippen molar-refractivity contribution in [1.29, 1.82) is 0 Å². The van der Waals surface area contributed by atoms with Crippen molar-refractivity contribution < 1.29 is 9.53 Å². The molecule has 0 aliphatic rings. The summed E-state index contributed by atoms with van der Waals surface area (Å²) >= 11 is 0. The van der Waals surface area contributed by atoms with Gasteiger partial charge in [0.25, 0.3) is 0 Å². The number of ether oxygens (including phenoxy) is 1. The highest BCUT2D eigenvalue weighted by molar-refractivity contribution is 5.69. The number of hydrogen-bond acceptors (Lipinski definition) is 4. The van der Waals surface area contributed by atoms with Crippen molar-refractivity contribution in [1.82, 2.24) is 4.98 Å². The third-order valence-corrected chi connectivity index (χ3v) is 2.92. The second kappa shape index (κ2) is 6.70. The molecule has 20 heavy (non-hydrogen) atoms. The molecule has 2 N–H and O–H groups in total. The van der Waals surface area contributed by atoms with E-state index in [0.717, 1.165) is 22.6 Å². The highest BCUT2D eigenvalue weighted by Gasteiger charge is 2.05. The Bertz CT molecular complexity index is 579. The standard InChI is InChI=1S/C16H18N2O2/c1-12-3-2-4-15(18-12)11-20-16(19)10-7-13-5-8-14(17)9-6-13/h2-6,8-9H,7,10-11,17H2,1H3. The first-order chi connectivity index (χ1) is 9.63. The number of aromatic nitrogens is 1. The van der Waals surface area contributed by atoms with Crippen LogP contribution in [-0.4, -0.2) is 11.0 Å². The quantitative estimate of drug-likeness (QED) is 0.670. The van der Waals surface area contributed by atoms with Gasteiger partial charge in [-0.25, -0.2) is 0 Å². The van der Waals surface area contributed by atoms with Crippen LogP contribution < -0.4 is 5.73 Å². The van der Waals surface area contributed by atoms with Gasteiger partial charge in [0.15, 0.2) is 0 Å². The monoisotopic (exact) mass is 270 g/mol. The van der Waals surface area contributed by atoms with E-state index >= 15 is 0 Å². The molecule has 1 aromatic heterocycles. The second-order valence-electron chi connectivity index (χ2n) is 4.67. The maximum atomic E-state index is 11.7.